The zero-order valence-electron chi connectivity index (χ0n) is 16.1. The first-order valence-electron chi connectivity index (χ1n) is 8.62. The van der Waals surface area contributed by atoms with Gasteiger partial charge in [0.25, 0.3) is 0 Å². The molecule has 3 aromatic rings. The Kier molecular flexibility index (Phi) is 5.26. The zero-order chi connectivity index (χ0) is 20.4. The molecule has 0 atom stereocenters. The molecule has 1 heterocycles. The summed E-state index contributed by atoms with van der Waals surface area (Å²) >= 11 is 0. The van der Waals surface area contributed by atoms with Crippen LogP contribution in [-0.4, -0.2) is 25.2 Å². The molecule has 0 saturated carbocycles. The summed E-state index contributed by atoms with van der Waals surface area (Å²) in [4.78, 5) is 24.9. The fraction of sp³-hybridized carbons (Fsp3) is 0.238. The number of anilines is 1. The molecule has 0 aliphatic carbocycles. The molecule has 0 aliphatic rings. The minimum atomic E-state index is -0.596. The van der Waals surface area contributed by atoms with Crippen LogP contribution in [0.4, 0.5) is 5.69 Å². The van der Waals surface area contributed by atoms with Crippen molar-refractivity contribution in [1.29, 1.82) is 0 Å². The average Bonchev–Trinajstić information content (AvgIpc) is 2.68. The normalized spacial score (nSPS) is 10.7. The van der Waals surface area contributed by atoms with E-state index in [4.69, 9.17) is 13.9 Å². The van der Waals surface area contributed by atoms with Crippen molar-refractivity contribution in [3.63, 3.8) is 0 Å². The maximum absolute atomic E-state index is 12.5. The van der Waals surface area contributed by atoms with Crippen LogP contribution in [0.1, 0.15) is 16.7 Å². The number of rotatable bonds is 5. The van der Waals surface area contributed by atoms with Gasteiger partial charge in [-0.15, -0.1) is 0 Å². The highest BCUT2D eigenvalue weighted by atomic mass is 16.5. The Labute approximate surface area is 161 Å². The Morgan fingerprint density at radius 2 is 1.79 bits per heavy atom. The minimum Gasteiger partial charge on any atom is -0.508 e. The van der Waals surface area contributed by atoms with Crippen molar-refractivity contribution >= 4 is 22.6 Å². The molecule has 0 unspecified atom stereocenters. The van der Waals surface area contributed by atoms with E-state index >= 15 is 0 Å². The predicted octanol–water partition coefficient (Wildman–Crippen LogP) is 3.31. The van der Waals surface area contributed by atoms with E-state index in [1.54, 1.807) is 38.1 Å². The van der Waals surface area contributed by atoms with Crippen molar-refractivity contribution in [2.24, 2.45) is 0 Å². The van der Waals surface area contributed by atoms with Gasteiger partial charge in [-0.25, -0.2) is 4.79 Å². The topological polar surface area (TPSA) is 98.0 Å². The van der Waals surface area contributed by atoms with Gasteiger partial charge in [-0.3, -0.25) is 4.79 Å². The quantitative estimate of drug-likeness (QED) is 0.656. The monoisotopic (exact) mass is 383 g/mol. The van der Waals surface area contributed by atoms with Gasteiger partial charge in [-0.1, -0.05) is 0 Å². The number of fused-ring (bicyclic) bond motifs is 1. The number of ether oxygens (including phenoxy) is 2. The third-order valence-electron chi connectivity index (χ3n) is 4.68. The fourth-order valence-electron chi connectivity index (χ4n) is 3.06. The van der Waals surface area contributed by atoms with E-state index in [1.807, 2.05) is 0 Å². The second-order valence-electron chi connectivity index (χ2n) is 6.37. The molecule has 0 aliphatic heterocycles. The lowest BCUT2D eigenvalue weighted by molar-refractivity contribution is -0.115. The summed E-state index contributed by atoms with van der Waals surface area (Å²) in [5.74, 6) is 0.716. The van der Waals surface area contributed by atoms with Crippen molar-refractivity contribution in [2.75, 3.05) is 19.5 Å². The van der Waals surface area contributed by atoms with Gasteiger partial charge in [0.1, 0.15) is 11.3 Å². The number of hydrogen-bond acceptors (Lipinski definition) is 6. The predicted molar refractivity (Wildman–Crippen MR) is 106 cm³/mol. The summed E-state index contributed by atoms with van der Waals surface area (Å²) in [5.41, 5.74) is 1.66. The van der Waals surface area contributed by atoms with Crippen LogP contribution in [0.25, 0.3) is 11.0 Å². The molecule has 7 nitrogen and oxygen atoms in total. The molecule has 2 N–H and O–H groups in total. The number of aryl methyl sites for hydroxylation is 2. The second kappa shape index (κ2) is 7.64. The van der Waals surface area contributed by atoms with Crippen LogP contribution in [0.3, 0.4) is 0 Å². The van der Waals surface area contributed by atoms with Crippen molar-refractivity contribution < 1.29 is 23.8 Å². The lowest BCUT2D eigenvalue weighted by Crippen LogP contribution is -2.20. The second-order valence-corrected chi connectivity index (χ2v) is 6.37. The molecule has 0 bridgehead atoms. The lowest BCUT2D eigenvalue weighted by atomic mass is 10.0. The first-order valence-corrected chi connectivity index (χ1v) is 8.62. The molecule has 1 aromatic heterocycles. The first-order chi connectivity index (χ1) is 13.3. The van der Waals surface area contributed by atoms with E-state index in [0.29, 0.717) is 39.3 Å². The highest BCUT2D eigenvalue weighted by molar-refractivity contribution is 5.94. The van der Waals surface area contributed by atoms with E-state index in [9.17, 15) is 14.7 Å². The Bertz CT molecular complexity index is 1120. The van der Waals surface area contributed by atoms with Crippen LogP contribution < -0.4 is 20.4 Å². The smallest absolute Gasteiger partial charge is 0.340 e. The molecular formula is C21H21NO6. The van der Waals surface area contributed by atoms with Gasteiger partial charge in [0, 0.05) is 22.7 Å². The molecule has 28 heavy (non-hydrogen) atoms. The Morgan fingerprint density at radius 1 is 1.07 bits per heavy atom. The molecule has 146 valence electrons. The summed E-state index contributed by atoms with van der Waals surface area (Å²) in [7, 11) is 3.03. The maximum Gasteiger partial charge on any atom is 0.340 e. The molecule has 7 heteroatoms. The van der Waals surface area contributed by atoms with Crippen molar-refractivity contribution in [2.45, 2.75) is 20.3 Å². The number of hydrogen-bond donors (Lipinski definition) is 2. The van der Waals surface area contributed by atoms with E-state index < -0.39 is 5.63 Å². The number of aromatic hydroxyl groups is 1. The van der Waals surface area contributed by atoms with Crippen molar-refractivity contribution in [1.82, 2.24) is 0 Å². The van der Waals surface area contributed by atoms with E-state index in [1.165, 1.54) is 20.3 Å². The summed E-state index contributed by atoms with van der Waals surface area (Å²) in [6.07, 6.45) is -0.141. The SMILES string of the molecule is COc1ccc(NC(=O)Cc2c(C)c3ccc(O)c(C)c3oc2=O)cc1OC. The van der Waals surface area contributed by atoms with E-state index in [0.717, 1.165) is 0 Å². The van der Waals surface area contributed by atoms with Gasteiger partial charge in [-0.05, 0) is 43.7 Å². The number of carbonyl (C=O) groups is 1. The highest BCUT2D eigenvalue weighted by Gasteiger charge is 2.17. The average molecular weight is 383 g/mol. The molecule has 0 spiro atoms. The van der Waals surface area contributed by atoms with Crippen LogP contribution in [0.5, 0.6) is 17.2 Å². The third-order valence-corrected chi connectivity index (χ3v) is 4.68. The number of benzene rings is 2. The Hall–Kier alpha value is -3.48. The van der Waals surface area contributed by atoms with Gasteiger partial charge >= 0.3 is 5.63 Å². The van der Waals surface area contributed by atoms with Crippen LogP contribution in [0, 0.1) is 13.8 Å². The number of phenolic OH excluding ortho intramolecular Hbond substituents is 1. The molecule has 0 saturated heterocycles. The zero-order valence-corrected chi connectivity index (χ0v) is 16.1. The van der Waals surface area contributed by atoms with E-state index in [-0.39, 0.29) is 23.6 Å². The summed E-state index contributed by atoms with van der Waals surface area (Å²) < 4.78 is 15.8. The number of nitrogens with one attached hydrogen (secondary N) is 1. The third kappa shape index (κ3) is 3.51. The highest BCUT2D eigenvalue weighted by Crippen LogP contribution is 2.30. The van der Waals surface area contributed by atoms with Crippen LogP contribution in [0.2, 0.25) is 0 Å². The maximum atomic E-state index is 12.5. The Balaban J connectivity index is 1.89. The molecule has 0 fully saturated rings. The van der Waals surface area contributed by atoms with E-state index in [2.05, 4.69) is 5.32 Å². The van der Waals surface area contributed by atoms with Crippen LogP contribution in [-0.2, 0) is 11.2 Å². The van der Waals surface area contributed by atoms with Crippen LogP contribution >= 0.6 is 0 Å². The standard InChI is InChI=1S/C21H21NO6/c1-11-14-6-7-16(23)12(2)20(14)28-21(25)15(11)10-19(24)22-13-5-8-17(26-3)18(9-13)27-4/h5-9,23H,10H2,1-4H3,(H,22,24). The van der Waals surface area contributed by atoms with Gasteiger partial charge in [0.2, 0.25) is 5.91 Å². The minimum absolute atomic E-state index is 0.0500. The molecule has 1 amide bonds. The first kappa shape index (κ1) is 19.3. The summed E-state index contributed by atoms with van der Waals surface area (Å²) in [5, 5.41) is 13.2. The van der Waals surface area contributed by atoms with Gasteiger partial charge in [-0.2, -0.15) is 0 Å². The molecular weight excluding hydrogens is 362 g/mol. The molecule has 2 aromatic carbocycles. The largest absolute Gasteiger partial charge is 0.508 e. The summed E-state index contributed by atoms with van der Waals surface area (Å²) in [6, 6.07) is 8.21. The lowest BCUT2D eigenvalue weighted by Gasteiger charge is -2.12. The van der Waals surface area contributed by atoms with Crippen molar-refractivity contribution in [3.05, 3.63) is 57.4 Å². The number of phenols is 1. The van der Waals surface area contributed by atoms with Gasteiger partial charge in [0.05, 0.1) is 26.2 Å². The molecule has 0 radical (unpaired) electrons. The number of amides is 1. The van der Waals surface area contributed by atoms with Crippen molar-refractivity contribution in [3.8, 4) is 17.2 Å². The van der Waals surface area contributed by atoms with Gasteiger partial charge < -0.3 is 24.3 Å². The number of carbonyl (C=O) groups excluding carboxylic acids is 1. The fourth-order valence-corrected chi connectivity index (χ4v) is 3.06. The molecule has 3 rings (SSSR count). The number of methoxy groups -OCH3 is 2. The van der Waals surface area contributed by atoms with Crippen LogP contribution in [0.15, 0.2) is 39.5 Å². The Morgan fingerprint density at radius 3 is 2.46 bits per heavy atom. The summed E-state index contributed by atoms with van der Waals surface area (Å²) in [6.45, 7) is 3.43. The van der Waals surface area contributed by atoms with Gasteiger partial charge in [0.15, 0.2) is 11.5 Å².